The Hall–Kier alpha value is -1.99. The average Bonchev–Trinajstić information content (AvgIpc) is 3.06. The van der Waals surface area contributed by atoms with E-state index < -0.39 is 0 Å². The molecule has 24 heavy (non-hydrogen) atoms. The second-order valence-electron chi connectivity index (χ2n) is 6.53. The summed E-state index contributed by atoms with van der Waals surface area (Å²) in [5.74, 6) is 0.108. The summed E-state index contributed by atoms with van der Waals surface area (Å²) in [4.78, 5) is 30.5. The summed E-state index contributed by atoms with van der Waals surface area (Å²) in [6, 6.07) is 4.08. The number of rotatable bonds is 5. The largest absolute Gasteiger partial charge is 0.353 e. The molecule has 3 N–H and O–H groups in total. The highest BCUT2D eigenvalue weighted by Gasteiger charge is 2.40. The first-order chi connectivity index (χ1) is 11.6. The van der Waals surface area contributed by atoms with E-state index >= 15 is 0 Å². The third-order valence-corrected chi connectivity index (χ3v) is 5.00. The van der Waals surface area contributed by atoms with Crippen molar-refractivity contribution < 1.29 is 9.59 Å². The molecule has 0 bridgehead atoms. The van der Waals surface area contributed by atoms with Crippen LogP contribution in [0.4, 0.5) is 0 Å². The van der Waals surface area contributed by atoms with Crippen molar-refractivity contribution in [2.75, 3.05) is 20.1 Å². The van der Waals surface area contributed by atoms with E-state index in [2.05, 4.69) is 32.9 Å². The lowest BCUT2D eigenvalue weighted by Gasteiger charge is -2.31. The molecule has 0 saturated carbocycles. The molecule has 0 aromatic carbocycles. The number of pyridine rings is 1. The van der Waals surface area contributed by atoms with Crippen LogP contribution in [0.15, 0.2) is 24.5 Å². The molecule has 0 radical (unpaired) electrons. The number of carbonyl (C=O) groups is 2. The SMILES string of the molecule is CN1[C@@H](CCC(=O)NCc2cccnc2)CNC(=O)[C@H]2NCC[C@H]21. The maximum atomic E-state index is 12.1. The van der Waals surface area contributed by atoms with Gasteiger partial charge < -0.3 is 16.0 Å². The van der Waals surface area contributed by atoms with E-state index in [1.54, 1.807) is 12.4 Å². The highest BCUT2D eigenvalue weighted by atomic mass is 16.2. The number of likely N-dealkylation sites (N-methyl/N-ethyl adjacent to an activating group) is 1. The van der Waals surface area contributed by atoms with Crippen LogP contribution in [0.5, 0.6) is 0 Å². The normalized spacial score (nSPS) is 27.2. The molecule has 3 heterocycles. The number of amides is 2. The van der Waals surface area contributed by atoms with Gasteiger partial charge in [0.15, 0.2) is 0 Å². The molecule has 2 amide bonds. The summed E-state index contributed by atoms with van der Waals surface area (Å²) in [6.07, 6.45) is 5.63. The lowest BCUT2D eigenvalue weighted by atomic mass is 10.0. The quantitative estimate of drug-likeness (QED) is 0.686. The minimum absolute atomic E-state index is 0.0314. The van der Waals surface area contributed by atoms with Gasteiger partial charge in [0.25, 0.3) is 0 Å². The van der Waals surface area contributed by atoms with Gasteiger partial charge in [-0.05, 0) is 38.1 Å². The first-order valence-corrected chi connectivity index (χ1v) is 8.54. The maximum absolute atomic E-state index is 12.1. The van der Waals surface area contributed by atoms with Gasteiger partial charge in [0.1, 0.15) is 6.04 Å². The van der Waals surface area contributed by atoms with Crippen LogP contribution in [-0.4, -0.2) is 60.0 Å². The van der Waals surface area contributed by atoms with E-state index in [0.29, 0.717) is 19.5 Å². The zero-order valence-electron chi connectivity index (χ0n) is 14.0. The van der Waals surface area contributed by atoms with Crippen molar-refractivity contribution in [2.24, 2.45) is 0 Å². The molecule has 7 heteroatoms. The van der Waals surface area contributed by atoms with Crippen molar-refractivity contribution in [1.82, 2.24) is 25.8 Å². The lowest BCUT2D eigenvalue weighted by molar-refractivity contribution is -0.123. The Bertz CT molecular complexity index is 580. The van der Waals surface area contributed by atoms with Crippen LogP contribution in [0.2, 0.25) is 0 Å². The standard InChI is InChI=1S/C17H25N5O2/c1-22-13(11-21-17(24)16-14(22)6-8-19-16)4-5-15(23)20-10-12-3-2-7-18-9-12/h2-3,7,9,13-14,16,19H,4-6,8,10-11H2,1H3,(H,20,23)(H,21,24)/t13-,14+,16-/m0/s1. The molecule has 2 fully saturated rings. The van der Waals surface area contributed by atoms with Crippen LogP contribution in [0.1, 0.15) is 24.8 Å². The molecule has 0 unspecified atom stereocenters. The summed E-state index contributed by atoms with van der Waals surface area (Å²) < 4.78 is 0. The van der Waals surface area contributed by atoms with Crippen LogP contribution in [0, 0.1) is 0 Å². The molecule has 3 atom stereocenters. The van der Waals surface area contributed by atoms with Crippen LogP contribution in [0.3, 0.4) is 0 Å². The fourth-order valence-corrected chi connectivity index (χ4v) is 3.53. The molecule has 2 aliphatic heterocycles. The van der Waals surface area contributed by atoms with Gasteiger partial charge in [-0.1, -0.05) is 6.07 Å². The van der Waals surface area contributed by atoms with Crippen molar-refractivity contribution >= 4 is 11.8 Å². The Balaban J connectivity index is 1.48. The minimum Gasteiger partial charge on any atom is -0.353 e. The number of fused-ring (bicyclic) bond motifs is 1. The molecule has 1 aromatic rings. The summed E-state index contributed by atoms with van der Waals surface area (Å²) in [5, 5.41) is 9.19. The third kappa shape index (κ3) is 3.91. The van der Waals surface area contributed by atoms with E-state index in [9.17, 15) is 9.59 Å². The van der Waals surface area contributed by atoms with Gasteiger partial charge in [-0.2, -0.15) is 0 Å². The van der Waals surface area contributed by atoms with Gasteiger partial charge in [0.05, 0.1) is 0 Å². The lowest BCUT2D eigenvalue weighted by Crippen LogP contribution is -2.48. The van der Waals surface area contributed by atoms with Gasteiger partial charge in [-0.15, -0.1) is 0 Å². The number of nitrogens with one attached hydrogen (secondary N) is 3. The minimum atomic E-state index is -0.126. The molecule has 0 aliphatic carbocycles. The molecule has 0 spiro atoms. The molecule has 7 nitrogen and oxygen atoms in total. The first kappa shape index (κ1) is 16.9. The smallest absolute Gasteiger partial charge is 0.238 e. The van der Waals surface area contributed by atoms with E-state index in [1.165, 1.54) is 0 Å². The molecule has 3 rings (SSSR count). The van der Waals surface area contributed by atoms with Crippen LogP contribution in [0.25, 0.3) is 0 Å². The second kappa shape index (κ2) is 7.72. The highest BCUT2D eigenvalue weighted by Crippen LogP contribution is 2.21. The zero-order valence-corrected chi connectivity index (χ0v) is 14.0. The van der Waals surface area contributed by atoms with Crippen LogP contribution >= 0.6 is 0 Å². The van der Waals surface area contributed by atoms with Gasteiger partial charge >= 0.3 is 0 Å². The fourth-order valence-electron chi connectivity index (χ4n) is 3.53. The van der Waals surface area contributed by atoms with Crippen molar-refractivity contribution in [1.29, 1.82) is 0 Å². The summed E-state index contributed by atoms with van der Waals surface area (Å²) >= 11 is 0. The number of nitrogens with zero attached hydrogens (tertiary/aromatic N) is 2. The summed E-state index contributed by atoms with van der Waals surface area (Å²) in [6.45, 7) is 1.96. The highest BCUT2D eigenvalue weighted by molar-refractivity contribution is 5.83. The van der Waals surface area contributed by atoms with Crippen molar-refractivity contribution in [2.45, 2.75) is 43.9 Å². The Morgan fingerprint density at radius 2 is 2.38 bits per heavy atom. The fraction of sp³-hybridized carbons (Fsp3) is 0.588. The van der Waals surface area contributed by atoms with Gasteiger partial charge in [-0.3, -0.25) is 19.5 Å². The number of hydrogen-bond acceptors (Lipinski definition) is 5. The van der Waals surface area contributed by atoms with Crippen LogP contribution in [-0.2, 0) is 16.1 Å². The maximum Gasteiger partial charge on any atom is 0.238 e. The molecule has 130 valence electrons. The molecule has 2 saturated heterocycles. The van der Waals surface area contributed by atoms with Gasteiger partial charge in [0.2, 0.25) is 11.8 Å². The Labute approximate surface area is 142 Å². The van der Waals surface area contributed by atoms with Gasteiger partial charge in [0, 0.05) is 44.0 Å². The van der Waals surface area contributed by atoms with Crippen LogP contribution < -0.4 is 16.0 Å². The number of hydrogen-bond donors (Lipinski definition) is 3. The Morgan fingerprint density at radius 1 is 1.50 bits per heavy atom. The van der Waals surface area contributed by atoms with Crippen molar-refractivity contribution in [3.05, 3.63) is 30.1 Å². The zero-order chi connectivity index (χ0) is 16.9. The Morgan fingerprint density at radius 3 is 3.17 bits per heavy atom. The first-order valence-electron chi connectivity index (χ1n) is 8.54. The molecular weight excluding hydrogens is 306 g/mol. The predicted octanol–water partition coefficient (Wildman–Crippen LogP) is -0.361. The second-order valence-corrected chi connectivity index (χ2v) is 6.53. The van der Waals surface area contributed by atoms with E-state index in [0.717, 1.165) is 24.9 Å². The molecular formula is C17H25N5O2. The monoisotopic (exact) mass is 331 g/mol. The van der Waals surface area contributed by atoms with Crippen molar-refractivity contribution in [3.63, 3.8) is 0 Å². The Kier molecular flexibility index (Phi) is 5.42. The number of carbonyl (C=O) groups excluding carboxylic acids is 2. The van der Waals surface area contributed by atoms with E-state index in [-0.39, 0.29) is 29.9 Å². The summed E-state index contributed by atoms with van der Waals surface area (Å²) in [5.41, 5.74) is 0.990. The third-order valence-electron chi connectivity index (χ3n) is 5.00. The molecule has 1 aromatic heterocycles. The summed E-state index contributed by atoms with van der Waals surface area (Å²) in [7, 11) is 2.06. The van der Waals surface area contributed by atoms with Gasteiger partial charge in [-0.25, -0.2) is 0 Å². The number of aromatic nitrogens is 1. The topological polar surface area (TPSA) is 86.4 Å². The van der Waals surface area contributed by atoms with E-state index in [4.69, 9.17) is 0 Å². The van der Waals surface area contributed by atoms with Crippen molar-refractivity contribution in [3.8, 4) is 0 Å². The average molecular weight is 331 g/mol. The molecule has 2 aliphatic rings. The predicted molar refractivity (Wildman–Crippen MR) is 90.1 cm³/mol. The van der Waals surface area contributed by atoms with E-state index in [1.807, 2.05) is 12.1 Å².